The highest BCUT2D eigenvalue weighted by Crippen LogP contribution is 2.36. The Hall–Kier alpha value is -5.47. The van der Waals surface area contributed by atoms with Crippen molar-refractivity contribution in [2.75, 3.05) is 5.32 Å². The number of aromatic carboxylic acids is 1. The van der Waals surface area contributed by atoms with Crippen LogP contribution in [0.3, 0.4) is 0 Å². The molecule has 2 N–H and O–H groups in total. The van der Waals surface area contributed by atoms with E-state index in [0.717, 1.165) is 36.4 Å². The molecule has 5 rings (SSSR count). The number of ether oxygens (including phenoxy) is 4. The minimum atomic E-state index is -5.09. The molecule has 0 aliphatic rings. The number of benzene rings is 4. The molecule has 56 heavy (non-hydrogen) atoms. The van der Waals surface area contributed by atoms with E-state index in [0.29, 0.717) is 40.1 Å². The lowest BCUT2D eigenvalue weighted by atomic mass is 10.1. The first-order valence-corrected chi connectivity index (χ1v) is 16.2. The standard InChI is InChI=1S/C20H11BrClF5N2O3.C14H6ClF5O4/c1-9-8-28-16(21)7-13(9)29-19(30)17-15(5-3-11(22)18(17)24)31-10-2-4-14(12(23)6-10)32-20(25,26)27;15-7-2-4-10(11(12(7)17)13(21)22)23-6-1-3-9(8(16)5-6)24-14(18,19)20/h2-8H,1H3,(H,28,29,30);1-5H,(H,21,22). The highest BCUT2D eigenvalue weighted by atomic mass is 79.9. The number of carbonyl (C=O) groups excluding carboxylic acids is 1. The van der Waals surface area contributed by atoms with E-state index in [1.807, 2.05) is 0 Å². The van der Waals surface area contributed by atoms with Crippen LogP contribution in [0.2, 0.25) is 10.0 Å². The van der Waals surface area contributed by atoms with Crippen LogP contribution < -0.4 is 24.3 Å². The Morgan fingerprint density at radius 1 is 0.696 bits per heavy atom. The molecule has 0 aliphatic heterocycles. The number of carboxylic acid groups (broad SMARTS) is 1. The van der Waals surface area contributed by atoms with Crippen molar-refractivity contribution < 1.29 is 77.5 Å². The molecule has 0 bridgehead atoms. The number of carbonyl (C=O) groups is 2. The molecule has 1 amide bonds. The summed E-state index contributed by atoms with van der Waals surface area (Å²) in [4.78, 5) is 27.9. The highest BCUT2D eigenvalue weighted by molar-refractivity contribution is 9.10. The van der Waals surface area contributed by atoms with E-state index < -0.39 is 81.3 Å². The summed E-state index contributed by atoms with van der Waals surface area (Å²) in [6, 6.07) is 10.1. The summed E-state index contributed by atoms with van der Waals surface area (Å²) in [6.07, 6.45) is -8.70. The molecule has 1 aromatic heterocycles. The number of hydrogen-bond donors (Lipinski definition) is 2. The van der Waals surface area contributed by atoms with Crippen molar-refractivity contribution >= 4 is 56.7 Å². The monoisotopic (exact) mass is 904 g/mol. The Labute approximate surface area is 325 Å². The van der Waals surface area contributed by atoms with Crippen LogP contribution in [0.15, 0.2) is 77.5 Å². The molecule has 0 saturated heterocycles. The molecule has 0 unspecified atom stereocenters. The summed E-state index contributed by atoms with van der Waals surface area (Å²) in [5.74, 6) is -11.5. The van der Waals surface area contributed by atoms with E-state index in [4.69, 9.17) is 37.8 Å². The average molecular weight is 906 g/mol. The number of hydrogen-bond acceptors (Lipinski definition) is 7. The van der Waals surface area contributed by atoms with Gasteiger partial charge in [-0.1, -0.05) is 23.2 Å². The summed E-state index contributed by atoms with van der Waals surface area (Å²) in [5, 5.41) is 10.6. The van der Waals surface area contributed by atoms with Crippen LogP contribution in [0.5, 0.6) is 34.5 Å². The lowest BCUT2D eigenvalue weighted by Crippen LogP contribution is -2.18. The van der Waals surface area contributed by atoms with E-state index in [1.165, 1.54) is 12.3 Å². The van der Waals surface area contributed by atoms with Crippen LogP contribution in [-0.4, -0.2) is 34.7 Å². The van der Waals surface area contributed by atoms with Gasteiger partial charge < -0.3 is 29.4 Å². The first-order valence-electron chi connectivity index (χ1n) is 14.6. The molecule has 296 valence electrons. The molecule has 9 nitrogen and oxygen atoms in total. The summed E-state index contributed by atoms with van der Waals surface area (Å²) in [7, 11) is 0. The molecule has 0 atom stereocenters. The average Bonchev–Trinajstić information content (AvgIpc) is 3.08. The predicted octanol–water partition coefficient (Wildman–Crippen LogP) is 12.0. The number of nitrogens with zero attached hydrogens (tertiary/aromatic N) is 1. The Kier molecular flexibility index (Phi) is 13.6. The molecule has 0 spiro atoms. The molecule has 0 saturated carbocycles. The van der Waals surface area contributed by atoms with Crippen LogP contribution >= 0.6 is 39.1 Å². The van der Waals surface area contributed by atoms with Crippen molar-refractivity contribution in [3.05, 3.63) is 128 Å². The van der Waals surface area contributed by atoms with E-state index in [-0.39, 0.29) is 22.3 Å². The second-order valence-corrected chi connectivity index (χ2v) is 12.2. The van der Waals surface area contributed by atoms with E-state index in [9.17, 15) is 53.5 Å². The quantitative estimate of drug-likeness (QED) is 0.111. The van der Waals surface area contributed by atoms with Gasteiger partial charge in [0.05, 0.1) is 10.0 Å². The summed E-state index contributed by atoms with van der Waals surface area (Å²) in [6.45, 7) is 1.66. The fourth-order valence-corrected chi connectivity index (χ4v) is 4.87. The summed E-state index contributed by atoms with van der Waals surface area (Å²) in [5.41, 5.74) is -0.602. The largest absolute Gasteiger partial charge is 0.573 e. The number of pyridine rings is 1. The molecule has 1 heterocycles. The Morgan fingerprint density at radius 3 is 1.55 bits per heavy atom. The maximum Gasteiger partial charge on any atom is 0.573 e. The molecule has 0 fully saturated rings. The maximum absolute atomic E-state index is 14.7. The van der Waals surface area contributed by atoms with Crippen LogP contribution in [-0.2, 0) is 0 Å². The number of amides is 1. The Bertz CT molecular complexity index is 2300. The summed E-state index contributed by atoms with van der Waals surface area (Å²) >= 11 is 14.4. The fraction of sp³-hybridized carbons (Fsp3) is 0.0882. The van der Waals surface area contributed by atoms with Gasteiger partial charge in [0.15, 0.2) is 34.8 Å². The lowest BCUT2D eigenvalue weighted by molar-refractivity contribution is -0.276. The molecule has 4 aromatic carbocycles. The van der Waals surface area contributed by atoms with Crippen LogP contribution in [0.1, 0.15) is 26.3 Å². The van der Waals surface area contributed by atoms with Gasteiger partial charge in [-0.3, -0.25) is 4.79 Å². The number of anilines is 1. The van der Waals surface area contributed by atoms with Gasteiger partial charge in [0, 0.05) is 24.0 Å². The van der Waals surface area contributed by atoms with Crippen LogP contribution in [0, 0.1) is 30.2 Å². The van der Waals surface area contributed by atoms with Gasteiger partial charge in [0.25, 0.3) is 5.91 Å². The topological polar surface area (TPSA) is 116 Å². The van der Waals surface area contributed by atoms with Gasteiger partial charge in [0.2, 0.25) is 0 Å². The SMILES string of the molecule is Cc1cnc(Br)cc1NC(=O)c1c(Oc2ccc(OC(F)(F)F)c(F)c2)ccc(Cl)c1F.O=C(O)c1c(Oc2ccc(OC(F)(F)F)c(F)c2)ccc(Cl)c1F. The zero-order valence-electron chi connectivity index (χ0n) is 27.2. The number of alkyl halides is 6. The maximum atomic E-state index is 14.7. The van der Waals surface area contributed by atoms with Crippen LogP contribution in [0.4, 0.5) is 49.6 Å². The van der Waals surface area contributed by atoms with Gasteiger partial charge in [-0.25, -0.2) is 27.3 Å². The molecule has 0 aliphatic carbocycles. The second kappa shape index (κ2) is 17.5. The van der Waals surface area contributed by atoms with E-state index in [1.54, 1.807) is 6.92 Å². The third-order valence-electron chi connectivity index (χ3n) is 6.59. The van der Waals surface area contributed by atoms with E-state index in [2.05, 4.69) is 35.7 Å². The number of carboxylic acids is 1. The third-order valence-corrected chi connectivity index (χ3v) is 7.60. The number of aryl methyl sites for hydroxylation is 1. The smallest absolute Gasteiger partial charge is 0.477 e. The Morgan fingerprint density at radius 2 is 1.12 bits per heavy atom. The van der Waals surface area contributed by atoms with Crippen LogP contribution in [0.25, 0.3) is 0 Å². The van der Waals surface area contributed by atoms with Crippen molar-refractivity contribution in [2.24, 2.45) is 0 Å². The van der Waals surface area contributed by atoms with Gasteiger partial charge in [-0.2, -0.15) is 0 Å². The normalized spacial score (nSPS) is 11.2. The van der Waals surface area contributed by atoms with Crippen molar-refractivity contribution in [3.63, 3.8) is 0 Å². The van der Waals surface area contributed by atoms with Crippen molar-refractivity contribution in [2.45, 2.75) is 19.6 Å². The number of rotatable bonds is 9. The molecular formula is C34H17BrCl2F10N2O7. The van der Waals surface area contributed by atoms with Crippen molar-refractivity contribution in [1.82, 2.24) is 4.98 Å². The Balaban J connectivity index is 0.000000259. The van der Waals surface area contributed by atoms with Gasteiger partial charge in [0.1, 0.15) is 38.7 Å². The fourth-order valence-electron chi connectivity index (χ4n) is 4.22. The number of halogens is 13. The first kappa shape index (κ1) is 43.3. The molecule has 22 heteroatoms. The lowest BCUT2D eigenvalue weighted by Gasteiger charge is -2.15. The summed E-state index contributed by atoms with van der Waals surface area (Å²) < 4.78 is 147. The third kappa shape index (κ3) is 11.5. The zero-order valence-corrected chi connectivity index (χ0v) is 30.3. The minimum absolute atomic E-state index is 0.310. The van der Waals surface area contributed by atoms with Gasteiger partial charge in [-0.15, -0.1) is 26.3 Å². The molecular weight excluding hydrogens is 889 g/mol. The van der Waals surface area contributed by atoms with E-state index >= 15 is 0 Å². The predicted molar refractivity (Wildman–Crippen MR) is 181 cm³/mol. The number of nitrogens with one attached hydrogen (secondary N) is 1. The molecule has 0 radical (unpaired) electrons. The van der Waals surface area contributed by atoms with Gasteiger partial charge in [-0.05, 0) is 83.0 Å². The van der Waals surface area contributed by atoms with Crippen molar-refractivity contribution in [1.29, 1.82) is 0 Å². The zero-order chi connectivity index (χ0) is 41.7. The highest BCUT2D eigenvalue weighted by Gasteiger charge is 2.33. The molecule has 5 aromatic rings. The minimum Gasteiger partial charge on any atom is -0.477 e. The van der Waals surface area contributed by atoms with Crippen molar-refractivity contribution in [3.8, 4) is 34.5 Å². The number of aromatic nitrogens is 1. The van der Waals surface area contributed by atoms with Gasteiger partial charge >= 0.3 is 18.7 Å². The first-order chi connectivity index (χ1) is 26.0. The second-order valence-electron chi connectivity index (χ2n) is 10.5.